The van der Waals surface area contributed by atoms with Gasteiger partial charge in [0.1, 0.15) is 5.75 Å². The Morgan fingerprint density at radius 1 is 0.935 bits per heavy atom. The highest BCUT2D eigenvalue weighted by molar-refractivity contribution is 5.97. The molecule has 0 aliphatic heterocycles. The summed E-state index contributed by atoms with van der Waals surface area (Å²) in [5.74, 6) is 0.262. The number of hydrogen-bond donors (Lipinski definition) is 2. The van der Waals surface area contributed by atoms with E-state index in [9.17, 15) is 9.59 Å². The molecule has 2 N–H and O–H groups in total. The number of rotatable bonds is 6. The molecule has 168 valence electrons. The summed E-state index contributed by atoms with van der Waals surface area (Å²) >= 11 is 0. The molecule has 0 saturated carbocycles. The molecule has 2 rings (SSSR count). The Bertz CT molecular complexity index is 934. The van der Waals surface area contributed by atoms with Crippen LogP contribution in [0.2, 0.25) is 0 Å². The fourth-order valence-electron chi connectivity index (χ4n) is 3.13. The van der Waals surface area contributed by atoms with Gasteiger partial charge in [-0.2, -0.15) is 0 Å². The van der Waals surface area contributed by atoms with E-state index in [1.54, 1.807) is 24.3 Å². The van der Waals surface area contributed by atoms with Gasteiger partial charge in [-0.3, -0.25) is 9.59 Å². The SMILES string of the molecule is CC(C)NC(=O)c1cccc(NC(=O)COc2ccc(C(C)(C)C)cc2C(C)(C)C)c1. The van der Waals surface area contributed by atoms with Crippen molar-refractivity contribution in [3.8, 4) is 5.75 Å². The third kappa shape index (κ3) is 7.12. The zero-order chi connectivity index (χ0) is 23.4. The van der Waals surface area contributed by atoms with Gasteiger partial charge >= 0.3 is 0 Å². The molecule has 31 heavy (non-hydrogen) atoms. The van der Waals surface area contributed by atoms with Crippen LogP contribution in [0.5, 0.6) is 5.75 Å². The van der Waals surface area contributed by atoms with Crippen LogP contribution in [0.25, 0.3) is 0 Å². The molecule has 0 fully saturated rings. The number of carbonyl (C=O) groups excluding carboxylic acids is 2. The minimum absolute atomic E-state index is 0.0305. The highest BCUT2D eigenvalue weighted by Gasteiger charge is 2.23. The minimum atomic E-state index is -0.277. The van der Waals surface area contributed by atoms with Crippen molar-refractivity contribution in [1.29, 1.82) is 0 Å². The topological polar surface area (TPSA) is 67.4 Å². The molecule has 0 radical (unpaired) electrons. The molecule has 2 aromatic rings. The minimum Gasteiger partial charge on any atom is -0.483 e. The Morgan fingerprint density at radius 2 is 1.61 bits per heavy atom. The second-order valence-corrected chi connectivity index (χ2v) is 10.3. The van der Waals surface area contributed by atoms with Crippen LogP contribution in [0, 0.1) is 0 Å². The van der Waals surface area contributed by atoms with Crippen molar-refractivity contribution >= 4 is 17.5 Å². The molecule has 0 bridgehead atoms. The maximum Gasteiger partial charge on any atom is 0.262 e. The van der Waals surface area contributed by atoms with Crippen LogP contribution in [0.15, 0.2) is 42.5 Å². The predicted molar refractivity (Wildman–Crippen MR) is 127 cm³/mol. The Balaban J connectivity index is 2.10. The molecule has 0 heterocycles. The van der Waals surface area contributed by atoms with Gasteiger partial charge in [-0.25, -0.2) is 0 Å². The number of nitrogens with one attached hydrogen (secondary N) is 2. The van der Waals surface area contributed by atoms with Gasteiger partial charge in [0.05, 0.1) is 0 Å². The van der Waals surface area contributed by atoms with Crippen LogP contribution < -0.4 is 15.4 Å². The van der Waals surface area contributed by atoms with Crippen LogP contribution in [-0.2, 0) is 15.6 Å². The van der Waals surface area contributed by atoms with Gasteiger partial charge in [-0.05, 0) is 60.1 Å². The Morgan fingerprint density at radius 3 is 2.19 bits per heavy atom. The number of carbonyl (C=O) groups is 2. The number of benzene rings is 2. The lowest BCUT2D eigenvalue weighted by Crippen LogP contribution is -2.30. The molecule has 0 spiro atoms. The summed E-state index contributed by atoms with van der Waals surface area (Å²) in [5, 5.41) is 5.66. The van der Waals surface area contributed by atoms with E-state index in [1.165, 1.54) is 5.56 Å². The first-order valence-electron chi connectivity index (χ1n) is 10.8. The van der Waals surface area contributed by atoms with E-state index >= 15 is 0 Å². The van der Waals surface area contributed by atoms with E-state index < -0.39 is 0 Å². The summed E-state index contributed by atoms with van der Waals surface area (Å²) in [4.78, 5) is 24.7. The number of anilines is 1. The summed E-state index contributed by atoms with van der Waals surface area (Å²) in [6.45, 7) is 16.6. The lowest BCUT2D eigenvalue weighted by molar-refractivity contribution is -0.118. The monoisotopic (exact) mass is 424 g/mol. The molecular weight excluding hydrogens is 388 g/mol. The third-order valence-electron chi connectivity index (χ3n) is 4.84. The van der Waals surface area contributed by atoms with Crippen molar-refractivity contribution in [1.82, 2.24) is 5.32 Å². The van der Waals surface area contributed by atoms with Crippen LogP contribution >= 0.6 is 0 Å². The lowest BCUT2D eigenvalue weighted by Gasteiger charge is -2.27. The fraction of sp³-hybridized carbons (Fsp3) is 0.462. The quantitative estimate of drug-likeness (QED) is 0.649. The average Bonchev–Trinajstić information content (AvgIpc) is 2.64. The van der Waals surface area contributed by atoms with Crippen molar-refractivity contribution in [2.45, 2.75) is 72.3 Å². The van der Waals surface area contributed by atoms with E-state index in [4.69, 9.17) is 4.74 Å². The predicted octanol–water partition coefficient (Wildman–Crippen LogP) is 5.44. The summed E-state index contributed by atoms with van der Waals surface area (Å²) < 4.78 is 5.90. The van der Waals surface area contributed by atoms with Crippen LogP contribution in [0.4, 0.5) is 5.69 Å². The van der Waals surface area contributed by atoms with Gasteiger partial charge in [0, 0.05) is 17.3 Å². The van der Waals surface area contributed by atoms with Crippen LogP contribution in [0.3, 0.4) is 0 Å². The first-order valence-corrected chi connectivity index (χ1v) is 10.8. The second kappa shape index (κ2) is 9.54. The van der Waals surface area contributed by atoms with Crippen LogP contribution in [-0.4, -0.2) is 24.5 Å². The molecule has 5 heteroatoms. The van der Waals surface area contributed by atoms with E-state index in [0.29, 0.717) is 17.0 Å². The number of hydrogen-bond acceptors (Lipinski definition) is 3. The van der Waals surface area contributed by atoms with E-state index in [-0.39, 0.29) is 35.3 Å². The highest BCUT2D eigenvalue weighted by Crippen LogP contribution is 2.35. The van der Waals surface area contributed by atoms with Gasteiger partial charge in [-0.1, -0.05) is 59.7 Å². The Hall–Kier alpha value is -2.82. The fourth-order valence-corrected chi connectivity index (χ4v) is 3.13. The summed E-state index contributed by atoms with van der Waals surface area (Å²) in [7, 11) is 0. The maximum absolute atomic E-state index is 12.5. The zero-order valence-electron chi connectivity index (χ0n) is 20.1. The van der Waals surface area contributed by atoms with E-state index in [2.05, 4.69) is 64.3 Å². The number of ether oxygens (including phenoxy) is 1. The molecule has 0 aliphatic rings. The Labute approximate surface area is 186 Å². The molecule has 0 aliphatic carbocycles. The van der Waals surface area contributed by atoms with Crippen molar-refractivity contribution in [2.24, 2.45) is 0 Å². The smallest absolute Gasteiger partial charge is 0.262 e. The van der Waals surface area contributed by atoms with Crippen molar-refractivity contribution in [3.63, 3.8) is 0 Å². The molecule has 0 atom stereocenters. The van der Waals surface area contributed by atoms with Gasteiger partial charge in [0.2, 0.25) is 0 Å². The Kier molecular flexibility index (Phi) is 7.53. The largest absolute Gasteiger partial charge is 0.483 e. The molecule has 0 aromatic heterocycles. The average molecular weight is 425 g/mol. The van der Waals surface area contributed by atoms with E-state index in [1.807, 2.05) is 19.9 Å². The summed E-state index contributed by atoms with van der Waals surface area (Å²) in [5.41, 5.74) is 3.27. The van der Waals surface area contributed by atoms with Gasteiger partial charge in [0.25, 0.3) is 11.8 Å². The van der Waals surface area contributed by atoms with Gasteiger partial charge < -0.3 is 15.4 Å². The van der Waals surface area contributed by atoms with Gasteiger partial charge in [-0.15, -0.1) is 0 Å². The van der Waals surface area contributed by atoms with Gasteiger partial charge in [0.15, 0.2) is 6.61 Å². The second-order valence-electron chi connectivity index (χ2n) is 10.3. The normalized spacial score (nSPS) is 11.9. The van der Waals surface area contributed by atoms with Crippen molar-refractivity contribution in [2.75, 3.05) is 11.9 Å². The van der Waals surface area contributed by atoms with Crippen molar-refractivity contribution in [3.05, 3.63) is 59.2 Å². The first kappa shape index (κ1) is 24.4. The highest BCUT2D eigenvalue weighted by atomic mass is 16.5. The molecular formula is C26H36N2O3. The first-order chi connectivity index (χ1) is 14.3. The molecule has 2 amide bonds. The van der Waals surface area contributed by atoms with Crippen LogP contribution in [0.1, 0.15) is 76.9 Å². The number of amides is 2. The maximum atomic E-state index is 12.5. The summed E-state index contributed by atoms with van der Waals surface area (Å²) in [6.07, 6.45) is 0. The third-order valence-corrected chi connectivity index (χ3v) is 4.84. The van der Waals surface area contributed by atoms with E-state index in [0.717, 1.165) is 5.56 Å². The zero-order valence-corrected chi connectivity index (χ0v) is 20.1. The lowest BCUT2D eigenvalue weighted by atomic mass is 9.80. The molecule has 0 saturated heterocycles. The van der Waals surface area contributed by atoms with Crippen molar-refractivity contribution < 1.29 is 14.3 Å². The molecule has 2 aromatic carbocycles. The summed E-state index contributed by atoms with van der Waals surface area (Å²) in [6, 6.07) is 13.1. The molecule has 0 unspecified atom stereocenters. The molecule has 5 nitrogen and oxygen atoms in total. The standard InChI is InChI=1S/C26H36N2O3/c1-17(2)27-24(30)18-10-9-11-20(14-18)28-23(29)16-31-22-13-12-19(25(3,4)5)15-21(22)26(6,7)8/h9-15,17H,16H2,1-8H3,(H,27,30)(H,28,29).